The zero-order valence-electron chi connectivity index (χ0n) is 16.2. The molecule has 0 spiro atoms. The first-order chi connectivity index (χ1) is 13.1. The van der Waals surface area contributed by atoms with Crippen molar-refractivity contribution in [3.63, 3.8) is 0 Å². The zero-order chi connectivity index (χ0) is 19.2. The summed E-state index contributed by atoms with van der Waals surface area (Å²) < 4.78 is 5.06. The number of hydrogen-bond donors (Lipinski definition) is 2. The van der Waals surface area contributed by atoms with E-state index >= 15 is 0 Å². The van der Waals surface area contributed by atoms with Crippen LogP contribution < -0.4 is 5.32 Å². The van der Waals surface area contributed by atoms with Crippen molar-refractivity contribution >= 4 is 58.5 Å². The smallest absolute Gasteiger partial charge is 0.409 e. The van der Waals surface area contributed by atoms with Crippen LogP contribution >= 0.6 is 35.6 Å². The van der Waals surface area contributed by atoms with Gasteiger partial charge in [0.1, 0.15) is 0 Å². The number of nitrogens with one attached hydrogen (secondary N) is 2. The molecule has 0 saturated carbocycles. The van der Waals surface area contributed by atoms with Crippen molar-refractivity contribution in [1.82, 2.24) is 20.1 Å². The van der Waals surface area contributed by atoms with Crippen LogP contribution in [0, 0.1) is 0 Å². The van der Waals surface area contributed by atoms with Gasteiger partial charge in [0.05, 0.1) is 6.61 Å². The van der Waals surface area contributed by atoms with Gasteiger partial charge in [-0.25, -0.2) is 4.79 Å². The second-order valence-corrected chi connectivity index (χ2v) is 6.84. The molecule has 1 aromatic heterocycles. The third-order valence-corrected chi connectivity index (χ3v) is 4.96. The van der Waals surface area contributed by atoms with E-state index in [1.54, 1.807) is 11.9 Å². The van der Waals surface area contributed by atoms with E-state index in [1.807, 2.05) is 31.3 Å². The van der Waals surface area contributed by atoms with Gasteiger partial charge in [-0.2, -0.15) is 0 Å². The molecule has 9 heteroatoms. The molecule has 1 amide bonds. The van der Waals surface area contributed by atoms with Crippen LogP contribution in [0.1, 0.15) is 12.5 Å². The van der Waals surface area contributed by atoms with Crippen molar-refractivity contribution in [2.45, 2.75) is 13.3 Å². The van der Waals surface area contributed by atoms with Crippen LogP contribution in [-0.4, -0.2) is 73.2 Å². The van der Waals surface area contributed by atoms with Gasteiger partial charge >= 0.3 is 6.09 Å². The van der Waals surface area contributed by atoms with Gasteiger partial charge in [-0.1, -0.05) is 11.6 Å². The number of aromatic nitrogens is 1. The van der Waals surface area contributed by atoms with E-state index in [0.717, 1.165) is 47.9 Å². The quantitative estimate of drug-likeness (QED) is 0.369. The minimum atomic E-state index is -0.238. The highest BCUT2D eigenvalue weighted by Crippen LogP contribution is 2.22. The summed E-state index contributed by atoms with van der Waals surface area (Å²) in [6, 6.07) is 5.88. The number of amides is 1. The number of benzene rings is 1. The van der Waals surface area contributed by atoms with Crippen LogP contribution in [0.4, 0.5) is 4.79 Å². The minimum absolute atomic E-state index is 0. The molecular weight excluding hydrogens is 493 g/mol. The molecule has 0 aliphatic carbocycles. The average Bonchev–Trinajstić information content (AvgIpc) is 3.08. The van der Waals surface area contributed by atoms with E-state index in [2.05, 4.69) is 20.2 Å². The maximum Gasteiger partial charge on any atom is 0.409 e. The number of H-pyrrole nitrogens is 1. The van der Waals surface area contributed by atoms with Crippen LogP contribution in [0.25, 0.3) is 10.9 Å². The molecule has 7 nitrogen and oxygen atoms in total. The number of nitrogens with zero attached hydrogens (tertiary/aromatic N) is 3. The first kappa shape index (κ1) is 22.6. The van der Waals surface area contributed by atoms with Crippen LogP contribution in [-0.2, 0) is 11.2 Å². The number of aromatic amines is 1. The Balaban J connectivity index is 0.00000280. The SMILES string of the molecule is CCOC(=O)N1CCN(C(=NC)NCCc2c[nH]c3ccc(Cl)cc23)CC1.I. The summed E-state index contributed by atoms with van der Waals surface area (Å²) >= 11 is 6.12. The second-order valence-electron chi connectivity index (χ2n) is 6.40. The summed E-state index contributed by atoms with van der Waals surface area (Å²) in [4.78, 5) is 23.4. The second kappa shape index (κ2) is 10.8. The van der Waals surface area contributed by atoms with E-state index in [4.69, 9.17) is 16.3 Å². The molecule has 1 aromatic carbocycles. The van der Waals surface area contributed by atoms with Gasteiger partial charge in [0, 0.05) is 61.9 Å². The number of rotatable bonds is 4. The standard InChI is InChI=1S/C19H26ClN5O2.HI/c1-3-27-19(26)25-10-8-24(9-11-25)18(21-2)22-7-6-14-13-23-17-5-4-15(20)12-16(14)17;/h4-5,12-13,23H,3,6-11H2,1-2H3,(H,21,22);1H. The van der Waals surface area contributed by atoms with Crippen molar-refractivity contribution in [1.29, 1.82) is 0 Å². The predicted molar refractivity (Wildman–Crippen MR) is 124 cm³/mol. The normalized spacial score (nSPS) is 14.8. The van der Waals surface area contributed by atoms with Gasteiger partial charge in [0.15, 0.2) is 5.96 Å². The van der Waals surface area contributed by atoms with E-state index < -0.39 is 0 Å². The van der Waals surface area contributed by atoms with Crippen molar-refractivity contribution in [2.75, 3.05) is 46.4 Å². The Morgan fingerprint density at radius 2 is 2.00 bits per heavy atom. The predicted octanol–water partition coefficient (Wildman–Crippen LogP) is 3.33. The fourth-order valence-corrected chi connectivity index (χ4v) is 3.49. The maximum absolute atomic E-state index is 11.8. The number of ether oxygens (including phenoxy) is 1. The van der Waals surface area contributed by atoms with Crippen LogP contribution in [0.5, 0.6) is 0 Å². The monoisotopic (exact) mass is 519 g/mol. The molecule has 154 valence electrons. The largest absolute Gasteiger partial charge is 0.450 e. The van der Waals surface area contributed by atoms with Gasteiger partial charge in [0.25, 0.3) is 0 Å². The van der Waals surface area contributed by atoms with Crippen molar-refractivity contribution in [3.05, 3.63) is 35.0 Å². The Morgan fingerprint density at radius 3 is 2.68 bits per heavy atom. The number of hydrogen-bond acceptors (Lipinski definition) is 3. The third kappa shape index (κ3) is 5.44. The number of piperazine rings is 1. The van der Waals surface area contributed by atoms with Crippen LogP contribution in [0.3, 0.4) is 0 Å². The van der Waals surface area contributed by atoms with Gasteiger partial charge in [-0.05, 0) is 37.1 Å². The van der Waals surface area contributed by atoms with Gasteiger partial charge in [-0.15, -0.1) is 24.0 Å². The summed E-state index contributed by atoms with van der Waals surface area (Å²) in [6.07, 6.45) is 2.66. The van der Waals surface area contributed by atoms with E-state index in [-0.39, 0.29) is 30.1 Å². The maximum atomic E-state index is 11.8. The van der Waals surface area contributed by atoms with Crippen molar-refractivity contribution < 1.29 is 9.53 Å². The van der Waals surface area contributed by atoms with Crippen LogP contribution in [0.2, 0.25) is 5.02 Å². The Bertz CT molecular complexity index is 818. The molecule has 0 bridgehead atoms. The van der Waals surface area contributed by atoms with Crippen molar-refractivity contribution in [3.8, 4) is 0 Å². The third-order valence-electron chi connectivity index (χ3n) is 4.72. The number of guanidine groups is 1. The lowest BCUT2D eigenvalue weighted by molar-refractivity contribution is 0.0915. The fraction of sp³-hybridized carbons (Fsp3) is 0.474. The Morgan fingerprint density at radius 1 is 1.29 bits per heavy atom. The highest BCUT2D eigenvalue weighted by molar-refractivity contribution is 14.0. The molecule has 1 fully saturated rings. The van der Waals surface area contributed by atoms with Gasteiger partial charge in [0.2, 0.25) is 0 Å². The highest BCUT2D eigenvalue weighted by atomic mass is 127. The lowest BCUT2D eigenvalue weighted by Crippen LogP contribution is -2.54. The van der Waals surface area contributed by atoms with Gasteiger partial charge < -0.3 is 24.8 Å². The number of fused-ring (bicyclic) bond motifs is 1. The lowest BCUT2D eigenvalue weighted by Gasteiger charge is -2.35. The molecule has 2 heterocycles. The first-order valence-corrected chi connectivity index (χ1v) is 9.63. The molecule has 3 rings (SSSR count). The molecule has 0 atom stereocenters. The zero-order valence-corrected chi connectivity index (χ0v) is 19.3. The molecular formula is C19H27ClIN5O2. The molecule has 2 aromatic rings. The molecule has 2 N–H and O–H groups in total. The average molecular weight is 520 g/mol. The summed E-state index contributed by atoms with van der Waals surface area (Å²) in [5.41, 5.74) is 2.32. The molecule has 28 heavy (non-hydrogen) atoms. The van der Waals surface area contributed by atoms with E-state index in [9.17, 15) is 4.79 Å². The summed E-state index contributed by atoms with van der Waals surface area (Å²) in [6.45, 7) is 5.75. The summed E-state index contributed by atoms with van der Waals surface area (Å²) in [5.74, 6) is 0.858. The van der Waals surface area contributed by atoms with E-state index in [0.29, 0.717) is 19.7 Å². The van der Waals surface area contributed by atoms with Gasteiger partial charge in [-0.3, -0.25) is 4.99 Å². The number of halogens is 2. The summed E-state index contributed by atoms with van der Waals surface area (Å²) in [5, 5.41) is 5.32. The lowest BCUT2D eigenvalue weighted by atomic mass is 10.1. The Kier molecular flexibility index (Phi) is 8.68. The molecule has 1 aliphatic rings. The molecule has 1 saturated heterocycles. The molecule has 0 unspecified atom stereocenters. The Hall–Kier alpha value is -1.68. The topological polar surface area (TPSA) is 73.0 Å². The highest BCUT2D eigenvalue weighted by Gasteiger charge is 2.23. The minimum Gasteiger partial charge on any atom is -0.450 e. The van der Waals surface area contributed by atoms with Crippen molar-refractivity contribution in [2.24, 2.45) is 4.99 Å². The first-order valence-electron chi connectivity index (χ1n) is 9.25. The number of carbonyl (C=O) groups excluding carboxylic acids is 1. The number of carbonyl (C=O) groups is 1. The number of aliphatic imine (C=N–C) groups is 1. The molecule has 0 radical (unpaired) electrons. The molecule has 1 aliphatic heterocycles. The Labute approximate surface area is 187 Å². The summed E-state index contributed by atoms with van der Waals surface area (Å²) in [7, 11) is 1.78. The van der Waals surface area contributed by atoms with E-state index in [1.165, 1.54) is 5.56 Å². The fourth-order valence-electron chi connectivity index (χ4n) is 3.31. The van der Waals surface area contributed by atoms with Crippen LogP contribution in [0.15, 0.2) is 29.4 Å².